The summed E-state index contributed by atoms with van der Waals surface area (Å²) in [6, 6.07) is 16.3. The van der Waals surface area contributed by atoms with Crippen LogP contribution in [0.15, 0.2) is 48.5 Å². The van der Waals surface area contributed by atoms with Crippen molar-refractivity contribution in [1.29, 1.82) is 0 Å². The minimum Gasteiger partial charge on any atom is -0.0587 e. The summed E-state index contributed by atoms with van der Waals surface area (Å²) in [6.07, 6.45) is 0. The third-order valence-electron chi connectivity index (χ3n) is 2.40. The first kappa shape index (κ1) is 9.48. The van der Waals surface area contributed by atoms with E-state index in [1.807, 2.05) is 24.3 Å². The molecular formula is C14H12N+. The molecule has 0 heterocycles. The fourth-order valence-corrected chi connectivity index (χ4v) is 1.49. The fraction of sp³-hybridized carbons (Fsp3) is 0.0714. The van der Waals surface area contributed by atoms with Crippen molar-refractivity contribution in [3.63, 3.8) is 0 Å². The lowest BCUT2D eigenvalue weighted by molar-refractivity contribution is 1.47. The Kier molecular flexibility index (Phi) is 2.51. The molecule has 0 aromatic heterocycles. The van der Waals surface area contributed by atoms with E-state index in [0.717, 1.165) is 5.69 Å². The van der Waals surface area contributed by atoms with Gasteiger partial charge in [0.15, 0.2) is 0 Å². The first-order valence-corrected chi connectivity index (χ1v) is 4.87. The van der Waals surface area contributed by atoms with E-state index in [9.17, 15) is 0 Å². The molecule has 2 aromatic rings. The molecule has 0 radical (unpaired) electrons. The molecule has 2 rings (SSSR count). The molecule has 2 aromatic carbocycles. The van der Waals surface area contributed by atoms with E-state index in [0.29, 0.717) is 0 Å². The van der Waals surface area contributed by atoms with Crippen molar-refractivity contribution >= 4 is 5.69 Å². The molecule has 0 atom stereocenters. The molecule has 0 N–H and O–H groups in total. The van der Waals surface area contributed by atoms with E-state index in [-0.39, 0.29) is 0 Å². The normalized spacial score (nSPS) is 9.60. The largest absolute Gasteiger partial charge is 0.339 e. The number of rotatable bonds is 1. The molecule has 1 heteroatoms. The zero-order valence-electron chi connectivity index (χ0n) is 8.64. The molecular weight excluding hydrogens is 182 g/mol. The SMILES string of the molecule is C#[N+]c1ccc(-c2ccc(C)cc2)cc1. The Hall–Kier alpha value is -2.07. The van der Waals surface area contributed by atoms with Gasteiger partial charge in [0.2, 0.25) is 0 Å². The molecule has 72 valence electrons. The molecule has 15 heavy (non-hydrogen) atoms. The van der Waals surface area contributed by atoms with E-state index in [1.54, 1.807) is 0 Å². The van der Waals surface area contributed by atoms with Crippen molar-refractivity contribution in [1.82, 2.24) is 0 Å². The average molecular weight is 194 g/mol. The highest BCUT2D eigenvalue weighted by Gasteiger charge is 2.01. The van der Waals surface area contributed by atoms with Gasteiger partial charge >= 0.3 is 5.69 Å². The van der Waals surface area contributed by atoms with Crippen LogP contribution in [-0.4, -0.2) is 0 Å². The van der Waals surface area contributed by atoms with E-state index in [4.69, 9.17) is 6.57 Å². The molecule has 0 aliphatic heterocycles. The van der Waals surface area contributed by atoms with Gasteiger partial charge in [-0.05, 0) is 35.0 Å². The van der Waals surface area contributed by atoms with E-state index in [1.165, 1.54) is 16.7 Å². The number of aryl methyl sites for hydroxylation is 1. The van der Waals surface area contributed by atoms with Crippen molar-refractivity contribution in [3.05, 3.63) is 58.9 Å². The van der Waals surface area contributed by atoms with E-state index >= 15 is 0 Å². The van der Waals surface area contributed by atoms with Crippen LogP contribution < -0.4 is 0 Å². The lowest BCUT2D eigenvalue weighted by atomic mass is 10.0. The van der Waals surface area contributed by atoms with Crippen LogP contribution in [0.4, 0.5) is 5.69 Å². The Bertz CT molecular complexity index is 486. The van der Waals surface area contributed by atoms with E-state index in [2.05, 4.69) is 36.0 Å². The number of nitrogens with zero attached hydrogens (tertiary/aromatic N) is 1. The van der Waals surface area contributed by atoms with Crippen molar-refractivity contribution in [2.45, 2.75) is 6.92 Å². The number of hydrogen-bond acceptors (Lipinski definition) is 0. The molecule has 0 aliphatic carbocycles. The van der Waals surface area contributed by atoms with Crippen LogP contribution in [0.3, 0.4) is 0 Å². The second-order valence-corrected chi connectivity index (χ2v) is 3.54. The van der Waals surface area contributed by atoms with Crippen LogP contribution >= 0.6 is 0 Å². The minimum absolute atomic E-state index is 0.797. The summed E-state index contributed by atoms with van der Waals surface area (Å²) in [5.74, 6) is 0. The monoisotopic (exact) mass is 194 g/mol. The zero-order chi connectivity index (χ0) is 10.7. The standard InChI is InChI=1S/C14H12N/c1-11-3-5-12(6-4-11)13-7-9-14(15-2)10-8-13/h2-10H,1H3/q+1. The van der Waals surface area contributed by atoms with Crippen LogP contribution in [0.2, 0.25) is 0 Å². The Labute approximate surface area is 89.8 Å². The maximum atomic E-state index is 5.18. The summed E-state index contributed by atoms with van der Waals surface area (Å²) in [5, 5.41) is 0. The van der Waals surface area contributed by atoms with Crippen LogP contribution in [0.5, 0.6) is 0 Å². The summed E-state index contributed by atoms with van der Waals surface area (Å²) in [7, 11) is 0. The molecule has 0 aliphatic rings. The molecule has 0 bridgehead atoms. The van der Waals surface area contributed by atoms with Gasteiger partial charge in [-0.3, -0.25) is 0 Å². The van der Waals surface area contributed by atoms with Crippen molar-refractivity contribution < 1.29 is 0 Å². The highest BCUT2D eigenvalue weighted by atomic mass is 14.6. The van der Waals surface area contributed by atoms with Gasteiger partial charge in [0.05, 0.1) is 0 Å². The van der Waals surface area contributed by atoms with Crippen LogP contribution in [0, 0.1) is 13.5 Å². The fourth-order valence-electron chi connectivity index (χ4n) is 1.49. The van der Waals surface area contributed by atoms with Gasteiger partial charge < -0.3 is 0 Å². The Balaban J connectivity index is 2.38. The topological polar surface area (TPSA) is 4.36 Å². The van der Waals surface area contributed by atoms with Gasteiger partial charge in [0.25, 0.3) is 6.57 Å². The Morgan fingerprint density at radius 2 is 1.27 bits per heavy atom. The summed E-state index contributed by atoms with van der Waals surface area (Å²) < 4.78 is 0. The predicted octanol–water partition coefficient (Wildman–Crippen LogP) is 4.26. The Morgan fingerprint density at radius 3 is 1.73 bits per heavy atom. The van der Waals surface area contributed by atoms with Gasteiger partial charge in [-0.1, -0.05) is 29.8 Å². The summed E-state index contributed by atoms with van der Waals surface area (Å²) in [4.78, 5) is 3.62. The molecule has 0 unspecified atom stereocenters. The van der Waals surface area contributed by atoms with Crippen LogP contribution in [0.25, 0.3) is 16.0 Å². The smallest absolute Gasteiger partial charge is 0.0587 e. The lowest BCUT2D eigenvalue weighted by Gasteiger charge is -2.00. The van der Waals surface area contributed by atoms with Gasteiger partial charge in [0.1, 0.15) is 0 Å². The highest BCUT2D eigenvalue weighted by molar-refractivity contribution is 5.66. The van der Waals surface area contributed by atoms with Crippen LogP contribution in [-0.2, 0) is 0 Å². The molecule has 0 spiro atoms. The first-order valence-electron chi connectivity index (χ1n) is 4.87. The van der Waals surface area contributed by atoms with Gasteiger partial charge in [-0.25, -0.2) is 0 Å². The van der Waals surface area contributed by atoms with Crippen molar-refractivity contribution in [2.24, 2.45) is 0 Å². The third-order valence-corrected chi connectivity index (χ3v) is 2.40. The lowest BCUT2D eigenvalue weighted by Crippen LogP contribution is -1.77. The summed E-state index contributed by atoms with van der Waals surface area (Å²) in [6.45, 7) is 7.27. The highest BCUT2D eigenvalue weighted by Crippen LogP contribution is 2.22. The van der Waals surface area contributed by atoms with Crippen molar-refractivity contribution in [3.8, 4) is 17.7 Å². The van der Waals surface area contributed by atoms with Crippen molar-refractivity contribution in [2.75, 3.05) is 0 Å². The minimum atomic E-state index is 0.797. The van der Waals surface area contributed by atoms with Gasteiger partial charge in [0, 0.05) is 12.1 Å². The average Bonchev–Trinajstić information content (AvgIpc) is 2.30. The summed E-state index contributed by atoms with van der Waals surface area (Å²) >= 11 is 0. The molecule has 0 saturated heterocycles. The quantitative estimate of drug-likeness (QED) is 0.639. The second-order valence-electron chi connectivity index (χ2n) is 3.54. The molecule has 1 nitrogen and oxygen atoms in total. The van der Waals surface area contributed by atoms with Gasteiger partial charge in [-0.2, -0.15) is 0 Å². The maximum absolute atomic E-state index is 5.18. The maximum Gasteiger partial charge on any atom is 0.339 e. The predicted molar refractivity (Wildman–Crippen MR) is 64.6 cm³/mol. The first-order chi connectivity index (χ1) is 7.29. The number of hydrogen-bond donors (Lipinski definition) is 0. The third kappa shape index (κ3) is 2.05. The molecule has 0 fully saturated rings. The van der Waals surface area contributed by atoms with E-state index < -0.39 is 0 Å². The molecule has 0 amide bonds. The molecule has 0 saturated carbocycles. The Morgan fingerprint density at radius 1 is 0.800 bits per heavy atom. The van der Waals surface area contributed by atoms with Gasteiger partial charge in [-0.15, -0.1) is 0 Å². The second kappa shape index (κ2) is 3.98. The van der Waals surface area contributed by atoms with Crippen LogP contribution in [0.1, 0.15) is 5.56 Å². The zero-order valence-corrected chi connectivity index (χ0v) is 8.64. The number of benzene rings is 2. The summed E-state index contributed by atoms with van der Waals surface area (Å²) in [5.41, 5.74) is 4.46.